The molecule has 2 aliphatic heterocycles. The summed E-state index contributed by atoms with van der Waals surface area (Å²) in [7, 11) is 1.67. The molecule has 2 fully saturated rings. The number of H-pyrrole nitrogens is 1. The minimum Gasteiger partial charge on any atom is -0.381 e. The smallest absolute Gasteiger partial charge is 0.246 e. The zero-order valence-corrected chi connectivity index (χ0v) is 15.5. The molecule has 0 bridgehead atoms. The van der Waals surface area contributed by atoms with Crippen LogP contribution in [0, 0.1) is 0 Å². The van der Waals surface area contributed by atoms with Gasteiger partial charge in [-0.2, -0.15) is 0 Å². The van der Waals surface area contributed by atoms with Gasteiger partial charge in [-0.1, -0.05) is 6.58 Å². The third-order valence-electron chi connectivity index (χ3n) is 5.54. The summed E-state index contributed by atoms with van der Waals surface area (Å²) in [4.78, 5) is 25.9. The van der Waals surface area contributed by atoms with E-state index >= 15 is 0 Å². The van der Waals surface area contributed by atoms with E-state index in [1.165, 1.54) is 11.6 Å². The van der Waals surface area contributed by atoms with Crippen molar-refractivity contribution in [2.75, 3.05) is 38.7 Å². The van der Waals surface area contributed by atoms with Crippen LogP contribution in [0.25, 0.3) is 11.0 Å². The first-order chi connectivity index (χ1) is 13.2. The molecular formula is C19H25N5O3. The fourth-order valence-electron chi connectivity index (χ4n) is 4.06. The number of ether oxygens (including phenoxy) is 2. The largest absolute Gasteiger partial charge is 0.381 e. The Hall–Kier alpha value is -2.45. The van der Waals surface area contributed by atoms with Crippen molar-refractivity contribution >= 4 is 22.8 Å². The number of aromatic nitrogens is 3. The predicted molar refractivity (Wildman–Crippen MR) is 102 cm³/mol. The van der Waals surface area contributed by atoms with Gasteiger partial charge in [0.25, 0.3) is 0 Å². The average Bonchev–Trinajstić information content (AvgIpc) is 3.33. The number of methoxy groups -OCH3 is 1. The molecule has 0 radical (unpaired) electrons. The van der Waals surface area contributed by atoms with Gasteiger partial charge in [0, 0.05) is 39.6 Å². The molecule has 0 unspecified atom stereocenters. The molecule has 8 heteroatoms. The fraction of sp³-hybridized carbons (Fsp3) is 0.526. The Bertz CT molecular complexity index is 830. The Balaban J connectivity index is 1.62. The highest BCUT2D eigenvalue weighted by atomic mass is 16.5. The molecule has 27 heavy (non-hydrogen) atoms. The molecule has 2 aliphatic rings. The predicted octanol–water partition coefficient (Wildman–Crippen LogP) is 1.68. The molecule has 8 nitrogen and oxygen atoms in total. The number of nitrogens with zero attached hydrogens (tertiary/aromatic N) is 3. The molecule has 0 aliphatic carbocycles. The summed E-state index contributed by atoms with van der Waals surface area (Å²) in [5.41, 5.74) is 2.04. The van der Waals surface area contributed by atoms with Crippen molar-refractivity contribution in [3.05, 3.63) is 30.7 Å². The van der Waals surface area contributed by atoms with Crippen molar-refractivity contribution in [1.82, 2.24) is 19.9 Å². The lowest BCUT2D eigenvalue weighted by Gasteiger charge is -2.23. The second-order valence-electron chi connectivity index (χ2n) is 7.05. The topological polar surface area (TPSA) is 92.4 Å². The van der Waals surface area contributed by atoms with Crippen molar-refractivity contribution in [2.24, 2.45) is 0 Å². The van der Waals surface area contributed by atoms with Gasteiger partial charge in [0.15, 0.2) is 0 Å². The van der Waals surface area contributed by atoms with Crippen LogP contribution in [0.4, 0.5) is 5.82 Å². The lowest BCUT2D eigenvalue weighted by molar-refractivity contribution is -0.125. The van der Waals surface area contributed by atoms with Crippen LogP contribution in [0.2, 0.25) is 0 Å². The lowest BCUT2D eigenvalue weighted by Crippen LogP contribution is -2.34. The molecule has 2 atom stereocenters. The quantitative estimate of drug-likeness (QED) is 0.777. The van der Waals surface area contributed by atoms with E-state index in [0.717, 1.165) is 42.9 Å². The third kappa shape index (κ3) is 3.42. The summed E-state index contributed by atoms with van der Waals surface area (Å²) in [6.45, 7) is 6.21. The zero-order valence-electron chi connectivity index (χ0n) is 15.5. The normalized spacial score (nSPS) is 23.7. The summed E-state index contributed by atoms with van der Waals surface area (Å²) in [6, 6.07) is -0.0468. The summed E-state index contributed by atoms with van der Waals surface area (Å²) in [5.74, 6) is 1.13. The number of aromatic amines is 1. The average molecular weight is 371 g/mol. The van der Waals surface area contributed by atoms with Crippen molar-refractivity contribution in [3.8, 4) is 0 Å². The van der Waals surface area contributed by atoms with E-state index in [2.05, 4.69) is 26.8 Å². The number of fused-ring (bicyclic) bond motifs is 1. The van der Waals surface area contributed by atoms with Gasteiger partial charge < -0.3 is 24.7 Å². The van der Waals surface area contributed by atoms with E-state index in [4.69, 9.17) is 9.47 Å². The Labute approximate surface area is 158 Å². The minimum atomic E-state index is -0.107. The number of hydrogen-bond acceptors (Lipinski definition) is 6. The van der Waals surface area contributed by atoms with Crippen molar-refractivity contribution < 1.29 is 14.3 Å². The molecule has 4 rings (SSSR count). The number of carbonyl (C=O) groups excluding carboxylic acids is 1. The summed E-state index contributed by atoms with van der Waals surface area (Å²) in [6.07, 6.45) is 6.81. The first kappa shape index (κ1) is 17.9. The number of nitrogens with one attached hydrogen (secondary N) is 2. The highest BCUT2D eigenvalue weighted by Crippen LogP contribution is 2.35. The van der Waals surface area contributed by atoms with Crippen LogP contribution < -0.4 is 5.32 Å². The fourth-order valence-corrected chi connectivity index (χ4v) is 4.06. The SMILES string of the molecule is C=CC(=O)N1C[C@H](Nc2ncnc3[nH]cc(C4CCOCC4)c23)[C@@H](OC)C1. The van der Waals surface area contributed by atoms with Crippen LogP contribution in [0.3, 0.4) is 0 Å². The van der Waals surface area contributed by atoms with Crippen LogP contribution in [-0.4, -0.2) is 71.3 Å². The number of rotatable bonds is 5. The first-order valence-electron chi connectivity index (χ1n) is 9.31. The number of amides is 1. The van der Waals surface area contributed by atoms with Gasteiger partial charge in [-0.3, -0.25) is 4.79 Å². The monoisotopic (exact) mass is 371 g/mol. The van der Waals surface area contributed by atoms with Crippen molar-refractivity contribution in [2.45, 2.75) is 30.9 Å². The molecule has 2 aromatic rings. The highest BCUT2D eigenvalue weighted by molar-refractivity contribution is 5.91. The molecule has 0 spiro atoms. The second-order valence-corrected chi connectivity index (χ2v) is 7.05. The molecule has 2 N–H and O–H groups in total. The van der Waals surface area contributed by atoms with Gasteiger partial charge in [-0.05, 0) is 30.4 Å². The first-order valence-corrected chi connectivity index (χ1v) is 9.31. The minimum absolute atomic E-state index is 0.0468. The van der Waals surface area contributed by atoms with E-state index < -0.39 is 0 Å². The molecule has 0 saturated carbocycles. The maximum atomic E-state index is 12.0. The second kappa shape index (κ2) is 7.66. The molecular weight excluding hydrogens is 346 g/mol. The summed E-state index contributed by atoms with van der Waals surface area (Å²) in [5, 5.41) is 4.52. The number of hydrogen-bond donors (Lipinski definition) is 2. The zero-order chi connectivity index (χ0) is 18.8. The van der Waals surface area contributed by atoms with E-state index in [1.54, 1.807) is 18.3 Å². The van der Waals surface area contributed by atoms with Gasteiger partial charge in [-0.25, -0.2) is 9.97 Å². The van der Waals surface area contributed by atoms with Crippen LogP contribution >= 0.6 is 0 Å². The van der Waals surface area contributed by atoms with E-state index in [-0.39, 0.29) is 18.1 Å². The molecule has 2 saturated heterocycles. The maximum absolute atomic E-state index is 12.0. The van der Waals surface area contributed by atoms with Gasteiger partial charge in [0.1, 0.15) is 17.8 Å². The Morgan fingerprint density at radius 2 is 2.22 bits per heavy atom. The Morgan fingerprint density at radius 1 is 1.41 bits per heavy atom. The molecule has 1 amide bonds. The van der Waals surface area contributed by atoms with Crippen LogP contribution in [0.1, 0.15) is 24.3 Å². The maximum Gasteiger partial charge on any atom is 0.246 e. The third-order valence-corrected chi connectivity index (χ3v) is 5.54. The van der Waals surface area contributed by atoms with Crippen LogP contribution in [-0.2, 0) is 14.3 Å². The van der Waals surface area contributed by atoms with Gasteiger partial charge in [0.05, 0.1) is 17.5 Å². The van der Waals surface area contributed by atoms with Crippen molar-refractivity contribution in [1.29, 1.82) is 0 Å². The number of anilines is 1. The molecule has 0 aromatic carbocycles. The summed E-state index contributed by atoms with van der Waals surface area (Å²) >= 11 is 0. The molecule has 144 valence electrons. The standard InChI is InChI=1S/C19H25N5O3/c1-3-16(25)24-9-14(15(10-24)26-2)23-19-17-13(12-4-6-27-7-5-12)8-20-18(17)21-11-22-19/h3,8,11-12,14-15H,1,4-7,9-10H2,2H3,(H2,20,21,22,23)/t14-,15-/m0/s1. The van der Waals surface area contributed by atoms with Crippen LogP contribution in [0.5, 0.6) is 0 Å². The van der Waals surface area contributed by atoms with Gasteiger partial charge in [-0.15, -0.1) is 0 Å². The van der Waals surface area contributed by atoms with Crippen molar-refractivity contribution in [3.63, 3.8) is 0 Å². The molecule has 4 heterocycles. The summed E-state index contributed by atoms with van der Waals surface area (Å²) < 4.78 is 11.1. The van der Waals surface area contributed by atoms with E-state index in [1.807, 2.05) is 6.20 Å². The molecule has 2 aromatic heterocycles. The number of likely N-dealkylation sites (tertiary alicyclic amines) is 1. The Morgan fingerprint density at radius 3 is 2.96 bits per heavy atom. The number of carbonyl (C=O) groups is 1. The van der Waals surface area contributed by atoms with Gasteiger partial charge in [0.2, 0.25) is 5.91 Å². The van der Waals surface area contributed by atoms with E-state index in [9.17, 15) is 4.79 Å². The lowest BCUT2D eigenvalue weighted by atomic mass is 9.92. The van der Waals surface area contributed by atoms with Crippen LogP contribution in [0.15, 0.2) is 25.2 Å². The highest BCUT2D eigenvalue weighted by Gasteiger charge is 2.35. The Kier molecular flexibility index (Phi) is 5.09. The van der Waals surface area contributed by atoms with E-state index in [0.29, 0.717) is 19.0 Å². The van der Waals surface area contributed by atoms with Gasteiger partial charge >= 0.3 is 0 Å².